The Balaban J connectivity index is 1.38. The summed E-state index contributed by atoms with van der Waals surface area (Å²) in [4.78, 5) is 39.9. The van der Waals surface area contributed by atoms with E-state index in [4.69, 9.17) is 9.97 Å². The van der Waals surface area contributed by atoms with Gasteiger partial charge in [-0.05, 0) is 49.1 Å². The number of non-ortho nitro benzene ring substituents is 1. The third-order valence-electron chi connectivity index (χ3n) is 7.40. The number of rotatable bonds is 3. The highest BCUT2D eigenvalue weighted by atomic mass is 32.1. The predicted molar refractivity (Wildman–Crippen MR) is 138 cm³/mol. The van der Waals surface area contributed by atoms with Crippen molar-refractivity contribution in [2.75, 3.05) is 31.1 Å². The van der Waals surface area contributed by atoms with E-state index in [0.717, 1.165) is 29.3 Å². The van der Waals surface area contributed by atoms with E-state index in [2.05, 4.69) is 25.7 Å². The fourth-order valence-electron chi connectivity index (χ4n) is 5.29. The van der Waals surface area contributed by atoms with Crippen LogP contribution in [0.15, 0.2) is 24.3 Å². The first-order chi connectivity index (χ1) is 16.6. The van der Waals surface area contributed by atoms with Gasteiger partial charge in [0, 0.05) is 48.8 Å². The Bertz CT molecular complexity index is 1300. The van der Waals surface area contributed by atoms with E-state index in [0.29, 0.717) is 43.1 Å². The number of fused-ring (bicyclic) bond motifs is 3. The number of thiophene rings is 1. The zero-order chi connectivity index (χ0) is 24.9. The second kappa shape index (κ2) is 8.86. The van der Waals surface area contributed by atoms with Crippen LogP contribution < -0.4 is 4.90 Å². The van der Waals surface area contributed by atoms with Crippen molar-refractivity contribution in [2.45, 2.75) is 47.0 Å². The first kappa shape index (κ1) is 23.7. The van der Waals surface area contributed by atoms with E-state index in [1.54, 1.807) is 17.0 Å². The first-order valence-corrected chi connectivity index (χ1v) is 13.0. The van der Waals surface area contributed by atoms with Crippen molar-refractivity contribution in [3.05, 3.63) is 56.2 Å². The zero-order valence-electron chi connectivity index (χ0n) is 20.7. The van der Waals surface area contributed by atoms with Crippen molar-refractivity contribution in [2.24, 2.45) is 11.3 Å². The van der Waals surface area contributed by atoms with Crippen LogP contribution in [-0.2, 0) is 12.8 Å². The molecule has 1 aromatic carbocycles. The number of carbonyl (C=O) groups is 1. The molecule has 184 valence electrons. The van der Waals surface area contributed by atoms with Crippen LogP contribution in [0.2, 0.25) is 0 Å². The van der Waals surface area contributed by atoms with Gasteiger partial charge in [-0.25, -0.2) is 9.97 Å². The molecule has 2 aromatic heterocycles. The summed E-state index contributed by atoms with van der Waals surface area (Å²) in [6.07, 6.45) is 3.34. The van der Waals surface area contributed by atoms with Gasteiger partial charge in [0.05, 0.1) is 10.3 Å². The van der Waals surface area contributed by atoms with Crippen molar-refractivity contribution in [1.82, 2.24) is 14.9 Å². The van der Waals surface area contributed by atoms with Crippen molar-refractivity contribution in [3.8, 4) is 0 Å². The maximum atomic E-state index is 13.0. The summed E-state index contributed by atoms with van der Waals surface area (Å²) < 4.78 is 0. The van der Waals surface area contributed by atoms with E-state index in [9.17, 15) is 14.9 Å². The number of piperazine rings is 1. The SMILES string of the molecule is Cc1nc(N2CCN(C(=O)c3cccc([N+](=O)[O-])c3)CC2)c2c3c(sc2n1)C[C@H](C(C)(C)C)CC3. The highest BCUT2D eigenvalue weighted by Gasteiger charge is 2.33. The molecule has 0 saturated carbocycles. The highest BCUT2D eigenvalue weighted by Crippen LogP contribution is 2.45. The van der Waals surface area contributed by atoms with E-state index in [-0.39, 0.29) is 11.6 Å². The van der Waals surface area contributed by atoms with Gasteiger partial charge in [0.25, 0.3) is 11.6 Å². The molecule has 1 amide bonds. The molecule has 9 heteroatoms. The smallest absolute Gasteiger partial charge is 0.270 e. The number of amides is 1. The quantitative estimate of drug-likeness (QED) is 0.376. The van der Waals surface area contributed by atoms with Crippen LogP contribution in [0.4, 0.5) is 11.5 Å². The molecule has 2 aliphatic rings. The minimum Gasteiger partial charge on any atom is -0.352 e. The number of nitrogens with zero attached hydrogens (tertiary/aromatic N) is 5. The molecule has 1 aliphatic heterocycles. The number of aryl methyl sites for hydroxylation is 2. The molecule has 0 spiro atoms. The molecule has 8 nitrogen and oxygen atoms in total. The fraction of sp³-hybridized carbons (Fsp3) is 0.500. The van der Waals surface area contributed by atoms with Gasteiger partial charge < -0.3 is 9.80 Å². The lowest BCUT2D eigenvalue weighted by atomic mass is 9.72. The normalized spacial score (nSPS) is 18.6. The summed E-state index contributed by atoms with van der Waals surface area (Å²) in [5.74, 6) is 2.26. The second-order valence-electron chi connectivity index (χ2n) is 10.7. The van der Waals surface area contributed by atoms with Crippen molar-refractivity contribution in [3.63, 3.8) is 0 Å². The largest absolute Gasteiger partial charge is 0.352 e. The van der Waals surface area contributed by atoms with Crippen molar-refractivity contribution in [1.29, 1.82) is 0 Å². The van der Waals surface area contributed by atoms with Gasteiger partial charge in [0.15, 0.2) is 0 Å². The first-order valence-electron chi connectivity index (χ1n) is 12.2. The Labute approximate surface area is 209 Å². The van der Waals surface area contributed by atoms with E-state index >= 15 is 0 Å². The molecule has 3 aromatic rings. The molecule has 5 rings (SSSR count). The number of hydrogen-bond acceptors (Lipinski definition) is 7. The van der Waals surface area contributed by atoms with Crippen LogP contribution in [-0.4, -0.2) is 51.9 Å². The van der Waals surface area contributed by atoms with Crippen LogP contribution in [0, 0.1) is 28.4 Å². The summed E-state index contributed by atoms with van der Waals surface area (Å²) >= 11 is 1.82. The lowest BCUT2D eigenvalue weighted by Crippen LogP contribution is -2.49. The molecule has 3 heterocycles. The van der Waals surface area contributed by atoms with Gasteiger partial charge in [-0.15, -0.1) is 11.3 Å². The fourth-order valence-corrected chi connectivity index (χ4v) is 6.63. The molecule has 1 aliphatic carbocycles. The maximum Gasteiger partial charge on any atom is 0.270 e. The Morgan fingerprint density at radius 3 is 2.60 bits per heavy atom. The average Bonchev–Trinajstić information content (AvgIpc) is 3.20. The van der Waals surface area contributed by atoms with E-state index in [1.807, 2.05) is 18.3 Å². The maximum absolute atomic E-state index is 13.0. The lowest BCUT2D eigenvalue weighted by molar-refractivity contribution is -0.384. The molecule has 0 bridgehead atoms. The molecule has 35 heavy (non-hydrogen) atoms. The minimum absolute atomic E-state index is 0.0655. The van der Waals surface area contributed by atoms with Gasteiger partial charge in [-0.3, -0.25) is 14.9 Å². The van der Waals surface area contributed by atoms with E-state index < -0.39 is 4.92 Å². The summed E-state index contributed by atoms with van der Waals surface area (Å²) in [7, 11) is 0. The number of benzene rings is 1. The zero-order valence-corrected chi connectivity index (χ0v) is 21.5. The molecular formula is C26H31N5O3S. The van der Waals surface area contributed by atoms with Crippen LogP contribution in [0.5, 0.6) is 0 Å². The standard InChI is InChI=1S/C26H31N5O3S/c1-16-27-23(22-20-9-8-18(26(2,3)4)15-21(20)35-24(22)28-16)29-10-12-30(13-11-29)25(32)17-6-5-7-19(14-17)31(33)34/h5-7,14,18H,8-13,15H2,1-4H3/t18-/m1/s1. The van der Waals surface area contributed by atoms with E-state index in [1.165, 1.54) is 34.4 Å². The van der Waals surface area contributed by atoms with Crippen LogP contribution in [0.25, 0.3) is 10.2 Å². The Hall–Kier alpha value is -3.07. The third-order valence-corrected chi connectivity index (χ3v) is 8.54. The van der Waals surface area contributed by atoms with Crippen LogP contribution in [0.3, 0.4) is 0 Å². The second-order valence-corrected chi connectivity index (χ2v) is 11.8. The highest BCUT2D eigenvalue weighted by molar-refractivity contribution is 7.19. The molecule has 1 fully saturated rings. The summed E-state index contributed by atoms with van der Waals surface area (Å²) in [5.41, 5.74) is 1.99. The molecular weight excluding hydrogens is 462 g/mol. The topological polar surface area (TPSA) is 92.5 Å². The number of aromatic nitrogens is 2. The molecule has 1 saturated heterocycles. The number of anilines is 1. The van der Waals surface area contributed by atoms with Gasteiger partial charge in [-0.1, -0.05) is 26.8 Å². The van der Waals surface area contributed by atoms with Crippen molar-refractivity contribution < 1.29 is 9.72 Å². The monoisotopic (exact) mass is 493 g/mol. The number of nitro groups is 1. The van der Waals surface area contributed by atoms with Gasteiger partial charge >= 0.3 is 0 Å². The van der Waals surface area contributed by atoms with Gasteiger partial charge in [0.1, 0.15) is 16.5 Å². The van der Waals surface area contributed by atoms with Gasteiger partial charge in [0.2, 0.25) is 0 Å². The predicted octanol–water partition coefficient (Wildman–Crippen LogP) is 5.02. The molecule has 0 radical (unpaired) electrons. The Kier molecular flexibility index (Phi) is 5.99. The van der Waals surface area contributed by atoms with Crippen LogP contribution in [0.1, 0.15) is 53.8 Å². The third kappa shape index (κ3) is 4.49. The summed E-state index contributed by atoms with van der Waals surface area (Å²) in [6, 6.07) is 5.96. The number of hydrogen-bond donors (Lipinski definition) is 0. The minimum atomic E-state index is -0.470. The van der Waals surface area contributed by atoms with Gasteiger partial charge in [-0.2, -0.15) is 0 Å². The summed E-state index contributed by atoms with van der Waals surface area (Å²) in [5, 5.41) is 12.3. The number of nitro benzene ring substituents is 1. The average molecular weight is 494 g/mol. The van der Waals surface area contributed by atoms with Crippen molar-refractivity contribution >= 4 is 39.0 Å². The lowest BCUT2D eigenvalue weighted by Gasteiger charge is -2.36. The van der Waals surface area contributed by atoms with Crippen LogP contribution >= 0.6 is 11.3 Å². The Morgan fingerprint density at radius 1 is 1.17 bits per heavy atom. The summed E-state index contributed by atoms with van der Waals surface area (Å²) in [6.45, 7) is 11.4. The molecule has 0 N–H and O–H groups in total. The Morgan fingerprint density at radius 2 is 1.91 bits per heavy atom. The molecule has 0 unspecified atom stereocenters. The molecule has 1 atom stereocenters. The number of carbonyl (C=O) groups excluding carboxylic acids is 1.